The average molecular weight is 400 g/mol. The average Bonchev–Trinajstić information content (AvgIpc) is 3.51. The first-order chi connectivity index (χ1) is 14.7. The number of likely N-dealkylation sites (tertiary alicyclic amines) is 1. The Morgan fingerprint density at radius 1 is 1.27 bits per heavy atom. The number of carbonyl (C=O) groups excluding carboxylic acids is 1. The van der Waals surface area contributed by atoms with Crippen molar-refractivity contribution in [1.82, 2.24) is 30.3 Å². The fraction of sp³-hybridized carbons (Fsp3) is 0.182. The molecule has 8 nitrogen and oxygen atoms in total. The van der Waals surface area contributed by atoms with E-state index < -0.39 is 0 Å². The largest absolute Gasteiger partial charge is 0.507 e. The zero-order valence-corrected chi connectivity index (χ0v) is 16.2. The summed E-state index contributed by atoms with van der Waals surface area (Å²) in [6.07, 6.45) is 3.90. The molecule has 0 saturated carbocycles. The Hall–Kier alpha value is -3.94. The standard InChI is InChI=1S/C22H20N6O2/c1-2-19(30)28-10-8-13(12-28)21-20(16-7-9-23-25-16)15-11-17(26-27-22(15)24-21)14-5-3-4-6-18(14)29/h2-7,9,11,13,29H,1,8,10,12H2,(H,23,25)(H,24,27). The van der Waals surface area contributed by atoms with Gasteiger partial charge in [-0.2, -0.15) is 5.10 Å². The van der Waals surface area contributed by atoms with E-state index in [4.69, 9.17) is 0 Å². The molecule has 150 valence electrons. The SMILES string of the molecule is C=CC(=O)N1CCC(c2[nH]c3nnc(-c4ccccc4O)cc3c2-c2ccn[nH]2)C1. The van der Waals surface area contributed by atoms with Crippen LogP contribution in [0.15, 0.2) is 55.3 Å². The molecule has 0 spiro atoms. The van der Waals surface area contributed by atoms with Crippen LogP contribution in [-0.4, -0.2) is 54.4 Å². The van der Waals surface area contributed by atoms with Crippen LogP contribution in [0.3, 0.4) is 0 Å². The zero-order valence-electron chi connectivity index (χ0n) is 16.2. The van der Waals surface area contributed by atoms with Crippen molar-refractivity contribution in [3.63, 3.8) is 0 Å². The topological polar surface area (TPSA) is 111 Å². The van der Waals surface area contributed by atoms with Crippen LogP contribution in [0.25, 0.3) is 33.5 Å². The second-order valence-electron chi connectivity index (χ2n) is 7.37. The number of hydrogen-bond donors (Lipinski definition) is 3. The number of aromatic amines is 2. The highest BCUT2D eigenvalue weighted by Gasteiger charge is 2.31. The molecule has 30 heavy (non-hydrogen) atoms. The number of aromatic hydroxyl groups is 1. The first-order valence-corrected chi connectivity index (χ1v) is 9.74. The molecule has 1 fully saturated rings. The predicted octanol–water partition coefficient (Wildman–Crippen LogP) is 3.22. The number of hydrogen-bond acceptors (Lipinski definition) is 5. The van der Waals surface area contributed by atoms with Gasteiger partial charge in [0.1, 0.15) is 5.75 Å². The summed E-state index contributed by atoms with van der Waals surface area (Å²) >= 11 is 0. The molecule has 1 saturated heterocycles. The summed E-state index contributed by atoms with van der Waals surface area (Å²) in [5, 5.41) is 27.0. The summed E-state index contributed by atoms with van der Waals surface area (Å²) in [6, 6.07) is 10.9. The van der Waals surface area contributed by atoms with Gasteiger partial charge in [0.2, 0.25) is 5.91 Å². The number of nitrogens with one attached hydrogen (secondary N) is 2. The molecule has 3 N–H and O–H groups in total. The third-order valence-corrected chi connectivity index (χ3v) is 5.62. The summed E-state index contributed by atoms with van der Waals surface area (Å²) in [6.45, 7) is 4.88. The zero-order chi connectivity index (χ0) is 20.7. The molecule has 1 unspecified atom stereocenters. The summed E-state index contributed by atoms with van der Waals surface area (Å²) in [5.74, 6) is 0.229. The van der Waals surface area contributed by atoms with Gasteiger partial charge >= 0.3 is 0 Å². The molecule has 5 rings (SSSR count). The molecule has 1 aliphatic heterocycles. The van der Waals surface area contributed by atoms with Gasteiger partial charge in [-0.3, -0.25) is 9.89 Å². The third-order valence-electron chi connectivity index (χ3n) is 5.62. The molecule has 4 aromatic rings. The Bertz CT molecular complexity index is 1240. The molecule has 0 radical (unpaired) electrons. The van der Waals surface area contributed by atoms with Crippen molar-refractivity contribution < 1.29 is 9.90 Å². The lowest BCUT2D eigenvalue weighted by Gasteiger charge is -2.14. The van der Waals surface area contributed by atoms with Crippen molar-refractivity contribution in [2.24, 2.45) is 0 Å². The van der Waals surface area contributed by atoms with Crippen molar-refractivity contribution >= 4 is 16.9 Å². The van der Waals surface area contributed by atoms with E-state index in [2.05, 4.69) is 32.0 Å². The number of phenols is 1. The molecule has 1 aromatic carbocycles. The predicted molar refractivity (Wildman–Crippen MR) is 113 cm³/mol. The van der Waals surface area contributed by atoms with Gasteiger partial charge in [0.15, 0.2) is 5.65 Å². The number of phenolic OH excluding ortho intramolecular Hbond substituents is 1. The number of aromatic nitrogens is 5. The molecule has 1 amide bonds. The van der Waals surface area contributed by atoms with Crippen LogP contribution >= 0.6 is 0 Å². The van der Waals surface area contributed by atoms with E-state index >= 15 is 0 Å². The minimum Gasteiger partial charge on any atom is -0.507 e. The molecule has 8 heteroatoms. The fourth-order valence-corrected chi connectivity index (χ4v) is 4.15. The molecule has 1 aliphatic rings. The van der Waals surface area contributed by atoms with Gasteiger partial charge in [-0.05, 0) is 36.8 Å². The number of nitrogens with zero attached hydrogens (tertiary/aromatic N) is 4. The molecule has 4 heterocycles. The van der Waals surface area contributed by atoms with Crippen LogP contribution < -0.4 is 0 Å². The maximum Gasteiger partial charge on any atom is 0.245 e. The van der Waals surface area contributed by atoms with E-state index in [0.717, 1.165) is 28.8 Å². The monoisotopic (exact) mass is 400 g/mol. The lowest BCUT2D eigenvalue weighted by Crippen LogP contribution is -2.26. The lowest BCUT2D eigenvalue weighted by atomic mass is 9.97. The Labute approximate surface area is 172 Å². The Morgan fingerprint density at radius 2 is 2.13 bits per heavy atom. The van der Waals surface area contributed by atoms with Crippen LogP contribution in [0.5, 0.6) is 5.75 Å². The van der Waals surface area contributed by atoms with Crippen molar-refractivity contribution in [2.75, 3.05) is 13.1 Å². The van der Waals surface area contributed by atoms with E-state index in [0.29, 0.717) is 30.0 Å². The van der Waals surface area contributed by atoms with Gasteiger partial charge in [-0.15, -0.1) is 10.2 Å². The van der Waals surface area contributed by atoms with Crippen molar-refractivity contribution in [3.8, 4) is 28.3 Å². The highest BCUT2D eigenvalue weighted by Crippen LogP contribution is 2.39. The summed E-state index contributed by atoms with van der Waals surface area (Å²) < 4.78 is 0. The number of para-hydroxylation sites is 1. The Kier molecular flexibility index (Phi) is 4.31. The van der Waals surface area contributed by atoms with Gasteiger partial charge in [0.25, 0.3) is 0 Å². The second kappa shape index (κ2) is 7.14. The maximum absolute atomic E-state index is 12.0. The molecular formula is C22H20N6O2. The Morgan fingerprint density at radius 3 is 2.90 bits per heavy atom. The quantitative estimate of drug-likeness (QED) is 0.456. The second-order valence-corrected chi connectivity index (χ2v) is 7.37. The molecule has 0 aliphatic carbocycles. The summed E-state index contributed by atoms with van der Waals surface area (Å²) in [5.41, 5.74) is 4.68. The molecule has 1 atom stereocenters. The van der Waals surface area contributed by atoms with Crippen LogP contribution in [0.1, 0.15) is 18.0 Å². The third kappa shape index (κ3) is 2.93. The highest BCUT2D eigenvalue weighted by molar-refractivity contribution is 5.96. The van der Waals surface area contributed by atoms with E-state index in [9.17, 15) is 9.90 Å². The minimum atomic E-state index is -0.0571. The number of amides is 1. The van der Waals surface area contributed by atoms with Gasteiger partial charge in [-0.25, -0.2) is 0 Å². The normalized spacial score (nSPS) is 16.3. The summed E-state index contributed by atoms with van der Waals surface area (Å²) in [7, 11) is 0. The van der Waals surface area contributed by atoms with E-state index in [1.165, 1.54) is 6.08 Å². The van der Waals surface area contributed by atoms with Gasteiger partial charge < -0.3 is 15.0 Å². The molecular weight excluding hydrogens is 380 g/mol. The van der Waals surface area contributed by atoms with Crippen molar-refractivity contribution in [1.29, 1.82) is 0 Å². The fourth-order valence-electron chi connectivity index (χ4n) is 4.15. The summed E-state index contributed by atoms with van der Waals surface area (Å²) in [4.78, 5) is 17.3. The lowest BCUT2D eigenvalue weighted by molar-refractivity contribution is -0.125. The van der Waals surface area contributed by atoms with Crippen LogP contribution in [0.2, 0.25) is 0 Å². The van der Waals surface area contributed by atoms with Gasteiger partial charge in [0.05, 0.1) is 11.4 Å². The van der Waals surface area contributed by atoms with Crippen LogP contribution in [0, 0.1) is 0 Å². The van der Waals surface area contributed by atoms with Gasteiger partial charge in [-0.1, -0.05) is 18.7 Å². The number of fused-ring (bicyclic) bond motifs is 1. The number of benzene rings is 1. The number of rotatable bonds is 4. The van der Waals surface area contributed by atoms with Crippen molar-refractivity contribution in [3.05, 3.63) is 60.9 Å². The van der Waals surface area contributed by atoms with E-state index in [-0.39, 0.29) is 17.6 Å². The first kappa shape index (κ1) is 18.1. The van der Waals surface area contributed by atoms with E-state index in [1.807, 2.05) is 24.3 Å². The molecule has 3 aromatic heterocycles. The van der Waals surface area contributed by atoms with Gasteiger partial charge in [0, 0.05) is 47.4 Å². The van der Waals surface area contributed by atoms with Crippen molar-refractivity contribution in [2.45, 2.75) is 12.3 Å². The highest BCUT2D eigenvalue weighted by atomic mass is 16.3. The number of carbonyl (C=O) groups is 1. The Balaban J connectivity index is 1.65. The van der Waals surface area contributed by atoms with E-state index in [1.54, 1.807) is 23.2 Å². The minimum absolute atomic E-state index is 0.0571. The van der Waals surface area contributed by atoms with Crippen LogP contribution in [0.4, 0.5) is 0 Å². The molecule has 0 bridgehead atoms. The maximum atomic E-state index is 12.0. The smallest absolute Gasteiger partial charge is 0.245 e. The van der Waals surface area contributed by atoms with Crippen LogP contribution in [-0.2, 0) is 4.79 Å². The number of H-pyrrole nitrogens is 2. The first-order valence-electron chi connectivity index (χ1n) is 9.74.